The van der Waals surface area contributed by atoms with Crippen molar-refractivity contribution in [1.82, 2.24) is 10.3 Å². The predicted octanol–water partition coefficient (Wildman–Crippen LogP) is 3.93. The van der Waals surface area contributed by atoms with Crippen LogP contribution in [0.5, 0.6) is 0 Å². The molecule has 0 unspecified atom stereocenters. The maximum absolute atomic E-state index is 12.8. The molecule has 1 amide bonds. The number of halogens is 1. The van der Waals surface area contributed by atoms with E-state index < -0.39 is 0 Å². The Hall–Kier alpha value is -2.69. The molecule has 136 valence electrons. The van der Waals surface area contributed by atoms with E-state index in [1.807, 2.05) is 18.3 Å². The lowest BCUT2D eigenvalue weighted by Gasteiger charge is -2.21. The van der Waals surface area contributed by atoms with Crippen molar-refractivity contribution in [3.8, 4) is 0 Å². The van der Waals surface area contributed by atoms with Gasteiger partial charge in [0.25, 0.3) is 0 Å². The third-order valence-corrected chi connectivity index (χ3v) is 4.50. The van der Waals surface area contributed by atoms with E-state index >= 15 is 0 Å². The van der Waals surface area contributed by atoms with Crippen LogP contribution in [0.2, 0.25) is 0 Å². The normalized spacial score (nSPS) is 15.0. The SMILES string of the molecule is O=C(/C=C\c1ccc(F)cc1)NCc1ccc(N2CCCCCC2)nc1. The van der Waals surface area contributed by atoms with Crippen LogP contribution in [-0.4, -0.2) is 24.0 Å². The molecule has 2 heterocycles. The average molecular weight is 353 g/mol. The fourth-order valence-electron chi connectivity index (χ4n) is 3.00. The van der Waals surface area contributed by atoms with Crippen LogP contribution in [0, 0.1) is 5.82 Å². The Balaban J connectivity index is 1.49. The number of amides is 1. The zero-order valence-corrected chi connectivity index (χ0v) is 14.8. The molecule has 5 heteroatoms. The van der Waals surface area contributed by atoms with Gasteiger partial charge in [0, 0.05) is 31.9 Å². The van der Waals surface area contributed by atoms with Crippen molar-refractivity contribution in [3.05, 3.63) is 65.6 Å². The third kappa shape index (κ3) is 5.41. The van der Waals surface area contributed by atoms with Crippen molar-refractivity contribution in [2.24, 2.45) is 0 Å². The van der Waals surface area contributed by atoms with Gasteiger partial charge in [0.15, 0.2) is 0 Å². The number of anilines is 1. The molecule has 1 aromatic heterocycles. The number of pyridine rings is 1. The molecule has 1 aliphatic rings. The van der Waals surface area contributed by atoms with Crippen molar-refractivity contribution < 1.29 is 9.18 Å². The minimum Gasteiger partial charge on any atom is -0.357 e. The van der Waals surface area contributed by atoms with Gasteiger partial charge >= 0.3 is 0 Å². The Kier molecular flexibility index (Phi) is 6.36. The maximum Gasteiger partial charge on any atom is 0.244 e. The molecule has 1 saturated heterocycles. The van der Waals surface area contributed by atoms with Gasteiger partial charge in [-0.3, -0.25) is 4.79 Å². The minimum atomic E-state index is -0.289. The van der Waals surface area contributed by atoms with E-state index in [0.29, 0.717) is 6.54 Å². The molecule has 1 N–H and O–H groups in total. The van der Waals surface area contributed by atoms with Gasteiger partial charge < -0.3 is 10.2 Å². The van der Waals surface area contributed by atoms with E-state index in [9.17, 15) is 9.18 Å². The second-order valence-corrected chi connectivity index (χ2v) is 6.53. The molecule has 1 aromatic carbocycles. The highest BCUT2D eigenvalue weighted by molar-refractivity contribution is 5.91. The second kappa shape index (κ2) is 9.13. The number of carbonyl (C=O) groups excluding carboxylic acids is 1. The fraction of sp³-hybridized carbons (Fsp3) is 0.333. The van der Waals surface area contributed by atoms with E-state index in [-0.39, 0.29) is 11.7 Å². The number of benzene rings is 1. The van der Waals surface area contributed by atoms with Gasteiger partial charge in [0.05, 0.1) is 0 Å². The summed E-state index contributed by atoms with van der Waals surface area (Å²) >= 11 is 0. The molecule has 3 rings (SSSR count). The molecule has 26 heavy (non-hydrogen) atoms. The van der Waals surface area contributed by atoms with Crippen molar-refractivity contribution in [3.63, 3.8) is 0 Å². The lowest BCUT2D eigenvalue weighted by molar-refractivity contribution is -0.116. The number of carbonyl (C=O) groups is 1. The fourth-order valence-corrected chi connectivity index (χ4v) is 3.00. The molecule has 0 radical (unpaired) electrons. The number of nitrogens with one attached hydrogen (secondary N) is 1. The van der Waals surface area contributed by atoms with E-state index in [1.165, 1.54) is 43.9 Å². The van der Waals surface area contributed by atoms with Gasteiger partial charge in [-0.25, -0.2) is 9.37 Å². The average Bonchev–Trinajstić information content (AvgIpc) is 2.96. The molecule has 0 atom stereocenters. The summed E-state index contributed by atoms with van der Waals surface area (Å²) in [5.74, 6) is 0.534. The van der Waals surface area contributed by atoms with Crippen LogP contribution in [0.3, 0.4) is 0 Å². The van der Waals surface area contributed by atoms with Crippen LogP contribution in [0.4, 0.5) is 10.2 Å². The zero-order valence-electron chi connectivity index (χ0n) is 14.8. The largest absolute Gasteiger partial charge is 0.357 e. The summed E-state index contributed by atoms with van der Waals surface area (Å²) in [6, 6.07) is 10.0. The summed E-state index contributed by atoms with van der Waals surface area (Å²) in [5.41, 5.74) is 1.75. The first-order chi connectivity index (χ1) is 12.7. The van der Waals surface area contributed by atoms with Crippen LogP contribution in [0.25, 0.3) is 6.08 Å². The molecule has 4 nitrogen and oxygen atoms in total. The number of hydrogen-bond acceptors (Lipinski definition) is 3. The lowest BCUT2D eigenvalue weighted by Crippen LogP contribution is -2.25. The summed E-state index contributed by atoms with van der Waals surface area (Å²) in [7, 11) is 0. The number of aromatic nitrogens is 1. The molecule has 1 fully saturated rings. The zero-order chi connectivity index (χ0) is 18.2. The third-order valence-electron chi connectivity index (χ3n) is 4.50. The van der Waals surface area contributed by atoms with Gasteiger partial charge in [-0.1, -0.05) is 31.0 Å². The van der Waals surface area contributed by atoms with Gasteiger partial charge in [0.2, 0.25) is 5.91 Å². The van der Waals surface area contributed by atoms with Gasteiger partial charge in [0.1, 0.15) is 11.6 Å². The summed E-state index contributed by atoms with van der Waals surface area (Å²) < 4.78 is 12.8. The maximum atomic E-state index is 12.8. The second-order valence-electron chi connectivity index (χ2n) is 6.53. The lowest BCUT2D eigenvalue weighted by atomic mass is 10.2. The molecule has 1 aliphatic heterocycles. The first kappa shape index (κ1) is 18.1. The van der Waals surface area contributed by atoms with Crippen molar-refractivity contribution in [2.75, 3.05) is 18.0 Å². The standard InChI is InChI=1S/C21H24FN3O/c22-19-9-5-17(6-10-19)8-12-21(26)24-16-18-7-11-20(23-15-18)25-13-3-1-2-4-14-25/h5-12,15H,1-4,13-14,16H2,(H,24,26)/b12-8-. The first-order valence-corrected chi connectivity index (χ1v) is 9.12. The first-order valence-electron chi connectivity index (χ1n) is 9.12. The van der Waals surface area contributed by atoms with E-state index in [0.717, 1.165) is 30.0 Å². The van der Waals surface area contributed by atoms with Gasteiger partial charge in [-0.15, -0.1) is 0 Å². The Bertz CT molecular complexity index is 733. The van der Waals surface area contributed by atoms with E-state index in [1.54, 1.807) is 18.2 Å². The Morgan fingerprint density at radius 1 is 1.08 bits per heavy atom. The number of rotatable bonds is 5. The van der Waals surface area contributed by atoms with Crippen molar-refractivity contribution in [2.45, 2.75) is 32.2 Å². The molecule has 0 bridgehead atoms. The Labute approximate surface area is 153 Å². The van der Waals surface area contributed by atoms with Crippen molar-refractivity contribution >= 4 is 17.8 Å². The molecular formula is C21H24FN3O. The summed E-state index contributed by atoms with van der Waals surface area (Å²) in [4.78, 5) is 18.8. The van der Waals surface area contributed by atoms with Crippen LogP contribution in [0.1, 0.15) is 36.8 Å². The van der Waals surface area contributed by atoms with Crippen LogP contribution in [-0.2, 0) is 11.3 Å². The molecule has 0 saturated carbocycles. The molecule has 0 aliphatic carbocycles. The quantitative estimate of drug-likeness (QED) is 0.829. The topological polar surface area (TPSA) is 45.2 Å². The Morgan fingerprint density at radius 3 is 2.46 bits per heavy atom. The van der Waals surface area contributed by atoms with Gasteiger partial charge in [-0.2, -0.15) is 0 Å². The summed E-state index contributed by atoms with van der Waals surface area (Å²) in [6.45, 7) is 2.56. The van der Waals surface area contributed by atoms with Crippen LogP contribution < -0.4 is 10.2 Å². The van der Waals surface area contributed by atoms with Crippen LogP contribution >= 0.6 is 0 Å². The van der Waals surface area contributed by atoms with Crippen molar-refractivity contribution in [1.29, 1.82) is 0 Å². The van der Waals surface area contributed by atoms with Gasteiger partial charge in [-0.05, 0) is 48.2 Å². The van der Waals surface area contributed by atoms with E-state index in [4.69, 9.17) is 0 Å². The minimum absolute atomic E-state index is 0.189. The highest BCUT2D eigenvalue weighted by atomic mass is 19.1. The smallest absolute Gasteiger partial charge is 0.244 e. The van der Waals surface area contributed by atoms with E-state index in [2.05, 4.69) is 15.2 Å². The highest BCUT2D eigenvalue weighted by Gasteiger charge is 2.10. The monoisotopic (exact) mass is 353 g/mol. The summed E-state index contributed by atoms with van der Waals surface area (Å²) in [5, 5.41) is 2.84. The van der Waals surface area contributed by atoms with Crippen LogP contribution in [0.15, 0.2) is 48.7 Å². The predicted molar refractivity (Wildman–Crippen MR) is 102 cm³/mol. The highest BCUT2D eigenvalue weighted by Crippen LogP contribution is 2.17. The summed E-state index contributed by atoms with van der Waals surface area (Å²) in [6.07, 6.45) is 9.98. The molecule has 0 spiro atoms. The number of nitrogens with zero attached hydrogens (tertiary/aromatic N) is 2. The molecule has 2 aromatic rings. The number of hydrogen-bond donors (Lipinski definition) is 1. The molecular weight excluding hydrogens is 329 g/mol. The Morgan fingerprint density at radius 2 is 1.81 bits per heavy atom.